The molecule has 9 nitrogen and oxygen atoms in total. The third-order valence-corrected chi connectivity index (χ3v) is 8.51. The number of carbonyl (C=O) groups is 1. The zero-order chi connectivity index (χ0) is 29.4. The second-order valence-electron chi connectivity index (χ2n) is 10.7. The van der Waals surface area contributed by atoms with Gasteiger partial charge < -0.3 is 29.2 Å². The van der Waals surface area contributed by atoms with E-state index >= 15 is 4.39 Å². The van der Waals surface area contributed by atoms with E-state index in [0.717, 1.165) is 0 Å². The van der Waals surface area contributed by atoms with Crippen LogP contribution in [0.3, 0.4) is 0 Å². The quantitative estimate of drug-likeness (QED) is 0.222. The van der Waals surface area contributed by atoms with Crippen LogP contribution in [0.25, 0.3) is 22.2 Å². The molecule has 3 aromatic carbocycles. The highest BCUT2D eigenvalue weighted by molar-refractivity contribution is 7.61. The molecule has 41 heavy (non-hydrogen) atoms. The molecule has 1 aromatic heterocycles. The van der Waals surface area contributed by atoms with Gasteiger partial charge in [0, 0.05) is 29.3 Å². The first-order valence-electron chi connectivity index (χ1n) is 12.7. The molecule has 0 fully saturated rings. The number of rotatable bonds is 6. The molecule has 3 heterocycles. The number of benzene rings is 3. The molecule has 2 unspecified atom stereocenters. The Morgan fingerprint density at radius 1 is 1.07 bits per heavy atom. The molecule has 2 atom stereocenters. The molecule has 0 aliphatic carbocycles. The number of nitrogens with zero attached hydrogens (tertiary/aromatic N) is 3. The van der Waals surface area contributed by atoms with E-state index in [1.54, 1.807) is 48.2 Å². The van der Waals surface area contributed by atoms with E-state index in [2.05, 4.69) is 4.98 Å². The molecule has 0 radical (unpaired) electrons. The van der Waals surface area contributed by atoms with Crippen molar-refractivity contribution in [2.45, 2.75) is 37.4 Å². The minimum atomic E-state index is -3.59. The zero-order valence-corrected chi connectivity index (χ0v) is 22.7. The maximum atomic E-state index is 15.2. The van der Waals surface area contributed by atoms with Gasteiger partial charge in [-0.15, -0.1) is 0 Å². The van der Waals surface area contributed by atoms with Gasteiger partial charge in [0.1, 0.15) is 23.4 Å². The van der Waals surface area contributed by atoms with Crippen molar-refractivity contribution in [2.24, 2.45) is 0 Å². The smallest absolute Gasteiger partial charge is 0.387 e. The van der Waals surface area contributed by atoms with Crippen LogP contribution in [-0.4, -0.2) is 61.7 Å². The summed E-state index contributed by atoms with van der Waals surface area (Å²) >= 11 is 0. The molecule has 0 saturated carbocycles. The molecule has 6 rings (SSSR count). The lowest BCUT2D eigenvalue weighted by Gasteiger charge is -2.34. The number of imidazole rings is 1. The Morgan fingerprint density at radius 3 is 2.49 bits per heavy atom. The van der Waals surface area contributed by atoms with E-state index in [-0.39, 0.29) is 40.8 Å². The van der Waals surface area contributed by atoms with Crippen LogP contribution in [0.5, 0.6) is 5.75 Å². The molecule has 214 valence electrons. The fraction of sp³-hybridized carbons (Fsp3) is 0.286. The molecule has 1 amide bonds. The lowest BCUT2D eigenvalue weighted by Crippen LogP contribution is -2.53. The Kier molecular flexibility index (Phi) is 6.31. The Morgan fingerprint density at radius 2 is 1.83 bits per heavy atom. The van der Waals surface area contributed by atoms with Crippen LogP contribution in [0.2, 0.25) is 0 Å². The van der Waals surface area contributed by atoms with Crippen LogP contribution >= 0.6 is 7.14 Å². The molecule has 2 aliphatic heterocycles. The van der Waals surface area contributed by atoms with Gasteiger partial charge in [-0.2, -0.15) is 8.78 Å². The van der Waals surface area contributed by atoms with E-state index in [0.29, 0.717) is 27.1 Å². The number of halogens is 3. The van der Waals surface area contributed by atoms with Gasteiger partial charge in [0.25, 0.3) is 5.91 Å². The summed E-state index contributed by atoms with van der Waals surface area (Å²) < 4.78 is 60.6. The van der Waals surface area contributed by atoms with Crippen LogP contribution in [0, 0.1) is 5.82 Å². The van der Waals surface area contributed by atoms with Crippen LogP contribution in [0.1, 0.15) is 45.8 Å². The van der Waals surface area contributed by atoms with Gasteiger partial charge in [-0.3, -0.25) is 9.69 Å². The van der Waals surface area contributed by atoms with E-state index in [9.17, 15) is 33.5 Å². The predicted molar refractivity (Wildman–Crippen MR) is 142 cm³/mol. The first-order valence-corrected chi connectivity index (χ1v) is 15.4. The Bertz CT molecular complexity index is 1760. The Labute approximate surface area is 231 Å². The van der Waals surface area contributed by atoms with Crippen molar-refractivity contribution in [3.63, 3.8) is 0 Å². The molecule has 13 heteroatoms. The van der Waals surface area contributed by atoms with Crippen molar-refractivity contribution in [3.05, 3.63) is 82.9 Å². The topological polar surface area (TPSA) is 125 Å². The summed E-state index contributed by atoms with van der Waals surface area (Å²) in [5, 5.41) is 30.6. The number of hydrogen-bond acceptors (Lipinski definition) is 7. The first kappa shape index (κ1) is 27.5. The predicted octanol–water partition coefficient (Wildman–Crippen LogP) is 4.64. The minimum Gasteiger partial charge on any atom is -0.434 e. The van der Waals surface area contributed by atoms with E-state index in [1.807, 2.05) is 0 Å². The molecule has 4 aromatic rings. The highest BCUT2D eigenvalue weighted by Crippen LogP contribution is 2.51. The highest BCUT2D eigenvalue weighted by Gasteiger charge is 2.52. The SMILES string of the molecule is CP(C)(=O)Cc1ccc(-c2ccc3nc4n(c3c2)C2CC4N(C(O)(O)O)C(=O)c3cccc(OC(F)F)c32)c(F)c1. The number of amides is 1. The van der Waals surface area contributed by atoms with Crippen molar-refractivity contribution in [2.75, 3.05) is 13.3 Å². The first-order chi connectivity index (χ1) is 19.2. The van der Waals surface area contributed by atoms with E-state index in [1.165, 1.54) is 24.3 Å². The van der Waals surface area contributed by atoms with Crippen molar-refractivity contribution in [1.82, 2.24) is 14.5 Å². The summed E-state index contributed by atoms with van der Waals surface area (Å²) in [5.74, 6) is -1.64. The average Bonchev–Trinajstić information content (AvgIpc) is 3.35. The average molecular weight is 587 g/mol. The van der Waals surface area contributed by atoms with Gasteiger partial charge >= 0.3 is 12.7 Å². The third kappa shape index (κ3) is 4.70. The fourth-order valence-corrected chi connectivity index (χ4v) is 7.03. The van der Waals surface area contributed by atoms with Crippen molar-refractivity contribution in [3.8, 4) is 16.9 Å². The van der Waals surface area contributed by atoms with Gasteiger partial charge in [-0.1, -0.05) is 24.3 Å². The summed E-state index contributed by atoms with van der Waals surface area (Å²) in [6, 6.07) is 11.5. The lowest BCUT2D eigenvalue weighted by molar-refractivity contribution is -0.385. The minimum absolute atomic E-state index is 0.0363. The Balaban J connectivity index is 1.55. The van der Waals surface area contributed by atoms with E-state index in [4.69, 9.17) is 4.74 Å². The number of hydrogen-bond donors (Lipinski definition) is 3. The van der Waals surface area contributed by atoms with Crippen LogP contribution in [0.15, 0.2) is 54.6 Å². The van der Waals surface area contributed by atoms with E-state index < -0.39 is 43.7 Å². The molecular weight excluding hydrogens is 562 g/mol. The summed E-state index contributed by atoms with van der Waals surface area (Å²) in [5.41, 5.74) is 2.13. The zero-order valence-electron chi connectivity index (χ0n) is 21.8. The number of alkyl halides is 2. The number of carbonyl (C=O) groups excluding carboxylic acids is 1. The van der Waals surface area contributed by atoms with Gasteiger partial charge in [0.15, 0.2) is 0 Å². The standard InChI is InChI=1S/C28H25F3N3O6P/c1-41(2,39)13-14-6-8-16(18(29)10-14)15-7-9-19-20(11-15)33-21-12-22(25(33)32-19)34(28(36,37)38)26(35)17-4-3-5-23(24(17)21)40-27(30)31/h3-11,21-22,27,36-38H,12-13H2,1-2H3. The summed E-state index contributed by atoms with van der Waals surface area (Å²) in [6.45, 7) is 0.0567. The largest absolute Gasteiger partial charge is 0.434 e. The maximum Gasteiger partial charge on any atom is 0.387 e. The normalized spacial score (nSPS) is 18.6. The third-order valence-electron chi connectivity index (χ3n) is 7.38. The second kappa shape index (κ2) is 9.42. The number of fused-ring (bicyclic) bond motifs is 9. The molecule has 0 saturated heterocycles. The Hall–Kier alpha value is -3.70. The van der Waals surface area contributed by atoms with Crippen molar-refractivity contribution >= 4 is 24.1 Å². The molecule has 0 spiro atoms. The summed E-state index contributed by atoms with van der Waals surface area (Å²) in [7, 11) is -2.42. The van der Waals surface area contributed by atoms with Crippen LogP contribution in [-0.2, 0) is 10.7 Å². The number of aliphatic hydroxyl groups is 3. The summed E-state index contributed by atoms with van der Waals surface area (Å²) in [4.78, 5) is 18.5. The molecule has 2 aliphatic rings. The fourth-order valence-electron chi connectivity index (χ4n) is 5.95. The number of aromatic nitrogens is 2. The highest BCUT2D eigenvalue weighted by atomic mass is 31.2. The van der Waals surface area contributed by atoms with Gasteiger partial charge in [0.05, 0.1) is 24.2 Å². The lowest BCUT2D eigenvalue weighted by atomic mass is 9.97. The second-order valence-corrected chi connectivity index (χ2v) is 14.2. The molecule has 3 N–H and O–H groups in total. The molecule has 2 bridgehead atoms. The maximum absolute atomic E-state index is 15.2. The van der Waals surface area contributed by atoms with Crippen LogP contribution < -0.4 is 4.74 Å². The van der Waals surface area contributed by atoms with Gasteiger partial charge in [0.2, 0.25) is 0 Å². The monoisotopic (exact) mass is 587 g/mol. The van der Waals surface area contributed by atoms with Crippen LogP contribution in [0.4, 0.5) is 13.2 Å². The molecular formula is C28H25F3N3O6P. The van der Waals surface area contributed by atoms with Gasteiger partial charge in [-0.25, -0.2) is 9.37 Å². The van der Waals surface area contributed by atoms with Gasteiger partial charge in [-0.05, 0) is 54.8 Å². The number of ether oxygens (including phenoxy) is 1. The van der Waals surface area contributed by atoms with Crippen molar-refractivity contribution < 1.29 is 42.6 Å². The summed E-state index contributed by atoms with van der Waals surface area (Å²) in [6.07, 6.45) is -3.37. The van der Waals surface area contributed by atoms with Crippen molar-refractivity contribution in [1.29, 1.82) is 0 Å².